The summed E-state index contributed by atoms with van der Waals surface area (Å²) >= 11 is 1.23. The van der Waals surface area contributed by atoms with Crippen molar-refractivity contribution in [3.8, 4) is 5.75 Å². The number of thiazole rings is 1. The number of fused-ring (bicyclic) bond motifs is 1. The van der Waals surface area contributed by atoms with Gasteiger partial charge in [-0.15, -0.1) is 11.3 Å². The van der Waals surface area contributed by atoms with Crippen molar-refractivity contribution in [2.24, 2.45) is 0 Å². The molecule has 1 aliphatic rings. The SMILES string of the molecule is CC(C)c1ccc(N2CCOc3cc(S(=O)(=O)Nc4nccs4)ccc32)cc1. The normalized spacial score (nSPS) is 13.9. The first-order valence-corrected chi connectivity index (χ1v) is 11.4. The molecule has 8 heteroatoms. The molecule has 0 amide bonds. The van der Waals surface area contributed by atoms with E-state index in [1.807, 2.05) is 0 Å². The van der Waals surface area contributed by atoms with Crippen LogP contribution >= 0.6 is 11.3 Å². The number of benzene rings is 2. The lowest BCUT2D eigenvalue weighted by Gasteiger charge is -2.31. The molecular weight excluding hydrogens is 394 g/mol. The van der Waals surface area contributed by atoms with Crippen molar-refractivity contribution in [1.82, 2.24) is 4.98 Å². The average Bonchev–Trinajstić information content (AvgIpc) is 3.19. The Bertz CT molecular complexity index is 1060. The van der Waals surface area contributed by atoms with Gasteiger partial charge in [0.05, 0.1) is 17.1 Å². The number of anilines is 3. The van der Waals surface area contributed by atoms with Crippen molar-refractivity contribution in [1.29, 1.82) is 0 Å². The van der Waals surface area contributed by atoms with E-state index in [4.69, 9.17) is 4.74 Å². The molecule has 0 unspecified atom stereocenters. The Morgan fingerprint density at radius 3 is 2.64 bits per heavy atom. The minimum absolute atomic E-state index is 0.151. The highest BCUT2D eigenvalue weighted by molar-refractivity contribution is 7.93. The number of ether oxygens (including phenoxy) is 1. The van der Waals surface area contributed by atoms with E-state index in [1.165, 1.54) is 16.9 Å². The molecule has 1 aromatic heterocycles. The number of aromatic nitrogens is 1. The quantitative estimate of drug-likeness (QED) is 0.659. The van der Waals surface area contributed by atoms with Crippen molar-refractivity contribution in [2.75, 3.05) is 22.8 Å². The molecular formula is C20H21N3O3S2. The van der Waals surface area contributed by atoms with Gasteiger partial charge in [-0.2, -0.15) is 0 Å². The zero-order valence-corrected chi connectivity index (χ0v) is 17.3. The highest BCUT2D eigenvalue weighted by atomic mass is 32.2. The van der Waals surface area contributed by atoms with Crippen molar-refractivity contribution < 1.29 is 13.2 Å². The third-order valence-electron chi connectivity index (χ3n) is 4.63. The predicted octanol–water partition coefficient (Wildman–Crippen LogP) is 4.60. The summed E-state index contributed by atoms with van der Waals surface area (Å²) in [5.41, 5.74) is 3.20. The number of hydrogen-bond donors (Lipinski definition) is 1. The van der Waals surface area contributed by atoms with Gasteiger partial charge in [0, 0.05) is 23.3 Å². The molecule has 1 N–H and O–H groups in total. The summed E-state index contributed by atoms with van der Waals surface area (Å²) in [4.78, 5) is 6.27. The maximum absolute atomic E-state index is 12.6. The number of rotatable bonds is 5. The van der Waals surface area contributed by atoms with Gasteiger partial charge in [0.1, 0.15) is 12.4 Å². The van der Waals surface area contributed by atoms with E-state index in [0.717, 1.165) is 11.4 Å². The zero-order valence-electron chi connectivity index (χ0n) is 15.6. The van der Waals surface area contributed by atoms with Crippen LogP contribution in [0.1, 0.15) is 25.3 Å². The van der Waals surface area contributed by atoms with Gasteiger partial charge in [-0.3, -0.25) is 4.72 Å². The number of nitrogens with zero attached hydrogens (tertiary/aromatic N) is 2. The molecule has 2 heterocycles. The second-order valence-electron chi connectivity index (χ2n) is 6.82. The molecule has 0 saturated carbocycles. The molecule has 0 fully saturated rings. The molecule has 0 aliphatic carbocycles. The average molecular weight is 416 g/mol. The maximum atomic E-state index is 12.6. The van der Waals surface area contributed by atoms with Crippen LogP contribution in [-0.2, 0) is 10.0 Å². The number of sulfonamides is 1. The lowest BCUT2D eigenvalue weighted by Crippen LogP contribution is -2.28. The Hall–Kier alpha value is -2.58. The number of nitrogens with one attached hydrogen (secondary N) is 1. The fourth-order valence-electron chi connectivity index (χ4n) is 3.12. The highest BCUT2D eigenvalue weighted by Gasteiger charge is 2.23. The van der Waals surface area contributed by atoms with E-state index in [2.05, 4.69) is 52.7 Å². The molecule has 0 bridgehead atoms. The minimum atomic E-state index is -3.71. The van der Waals surface area contributed by atoms with Crippen molar-refractivity contribution in [3.05, 3.63) is 59.6 Å². The standard InChI is InChI=1S/C20H21N3O3S2/c1-14(2)15-3-5-16(6-4-15)23-10-11-26-19-13-17(7-8-18(19)23)28(24,25)22-20-21-9-12-27-20/h3-9,12-14H,10-11H2,1-2H3,(H,21,22). The van der Waals surface area contributed by atoms with E-state index in [1.54, 1.807) is 29.8 Å². The number of hydrogen-bond acceptors (Lipinski definition) is 6. The van der Waals surface area contributed by atoms with Crippen LogP contribution in [0.4, 0.5) is 16.5 Å². The second-order valence-corrected chi connectivity index (χ2v) is 9.40. The second kappa shape index (κ2) is 7.44. The van der Waals surface area contributed by atoms with Gasteiger partial charge in [0.15, 0.2) is 5.13 Å². The van der Waals surface area contributed by atoms with Gasteiger partial charge in [-0.1, -0.05) is 26.0 Å². The van der Waals surface area contributed by atoms with Crippen LogP contribution in [0.25, 0.3) is 0 Å². The maximum Gasteiger partial charge on any atom is 0.263 e. The third kappa shape index (κ3) is 3.70. The first-order valence-electron chi connectivity index (χ1n) is 9.01. The van der Waals surface area contributed by atoms with E-state index < -0.39 is 10.0 Å². The molecule has 6 nitrogen and oxygen atoms in total. The molecule has 146 valence electrons. The summed E-state index contributed by atoms with van der Waals surface area (Å²) < 4.78 is 33.5. The van der Waals surface area contributed by atoms with Crippen LogP contribution in [0.3, 0.4) is 0 Å². The zero-order chi connectivity index (χ0) is 19.7. The van der Waals surface area contributed by atoms with Gasteiger partial charge in [-0.25, -0.2) is 13.4 Å². The van der Waals surface area contributed by atoms with E-state index in [9.17, 15) is 8.42 Å². The van der Waals surface area contributed by atoms with Gasteiger partial charge in [0.2, 0.25) is 0 Å². The molecule has 0 atom stereocenters. The van der Waals surface area contributed by atoms with Gasteiger partial charge >= 0.3 is 0 Å². The van der Waals surface area contributed by atoms with Gasteiger partial charge in [-0.05, 0) is 35.7 Å². The first-order chi connectivity index (χ1) is 13.4. The van der Waals surface area contributed by atoms with E-state index >= 15 is 0 Å². The summed E-state index contributed by atoms with van der Waals surface area (Å²) in [6, 6.07) is 13.4. The van der Waals surface area contributed by atoms with Crippen molar-refractivity contribution in [2.45, 2.75) is 24.7 Å². The fraction of sp³-hybridized carbons (Fsp3) is 0.250. The van der Waals surface area contributed by atoms with Crippen LogP contribution in [-0.4, -0.2) is 26.6 Å². The smallest absolute Gasteiger partial charge is 0.263 e. The lowest BCUT2D eigenvalue weighted by atomic mass is 10.0. The van der Waals surface area contributed by atoms with Crippen LogP contribution in [0.2, 0.25) is 0 Å². The van der Waals surface area contributed by atoms with Crippen molar-refractivity contribution >= 4 is 37.9 Å². The molecule has 2 aromatic carbocycles. The Labute approximate surface area is 168 Å². The molecule has 0 saturated heterocycles. The van der Waals surface area contributed by atoms with Crippen molar-refractivity contribution in [3.63, 3.8) is 0 Å². The minimum Gasteiger partial charge on any atom is -0.489 e. The third-order valence-corrected chi connectivity index (χ3v) is 6.78. The molecule has 3 aromatic rings. The Morgan fingerprint density at radius 1 is 1.18 bits per heavy atom. The summed E-state index contributed by atoms with van der Waals surface area (Å²) in [6.07, 6.45) is 1.56. The Morgan fingerprint density at radius 2 is 1.96 bits per heavy atom. The lowest BCUT2D eigenvalue weighted by molar-refractivity contribution is 0.313. The molecule has 0 radical (unpaired) electrons. The van der Waals surface area contributed by atoms with Gasteiger partial charge in [0.25, 0.3) is 10.0 Å². The van der Waals surface area contributed by atoms with E-state index in [-0.39, 0.29) is 4.90 Å². The van der Waals surface area contributed by atoms with Crippen LogP contribution in [0.15, 0.2) is 58.9 Å². The van der Waals surface area contributed by atoms with Gasteiger partial charge < -0.3 is 9.64 Å². The molecule has 28 heavy (non-hydrogen) atoms. The fourth-order valence-corrected chi connectivity index (χ4v) is 4.93. The topological polar surface area (TPSA) is 71.5 Å². The van der Waals surface area contributed by atoms with E-state index in [0.29, 0.717) is 30.0 Å². The largest absolute Gasteiger partial charge is 0.489 e. The molecule has 0 spiro atoms. The first kappa shape index (κ1) is 18.8. The van der Waals surface area contributed by atoms with Crippen LogP contribution in [0.5, 0.6) is 5.75 Å². The summed E-state index contributed by atoms with van der Waals surface area (Å²) in [7, 11) is -3.71. The summed E-state index contributed by atoms with van der Waals surface area (Å²) in [5.74, 6) is 1.03. The monoisotopic (exact) mass is 415 g/mol. The predicted molar refractivity (Wildman–Crippen MR) is 112 cm³/mol. The van der Waals surface area contributed by atoms with Crippen LogP contribution < -0.4 is 14.4 Å². The Balaban J connectivity index is 1.64. The highest BCUT2D eigenvalue weighted by Crippen LogP contribution is 2.38. The Kier molecular flexibility index (Phi) is 4.99. The molecule has 4 rings (SSSR count). The summed E-state index contributed by atoms with van der Waals surface area (Å²) in [5, 5.41) is 2.06. The molecule has 1 aliphatic heterocycles. The summed E-state index contributed by atoms with van der Waals surface area (Å²) in [6.45, 7) is 5.53. The van der Waals surface area contributed by atoms with Crippen LogP contribution in [0, 0.1) is 0 Å².